The molecule has 0 unspecified atom stereocenters. The molecule has 14 nitrogen and oxygen atoms in total. The Bertz CT molecular complexity index is 1930. The number of carbonyl (C=O) groups excluding carboxylic acids is 6. The molecule has 0 radical (unpaired) electrons. The van der Waals surface area contributed by atoms with Crippen LogP contribution in [0.25, 0.3) is 0 Å². The van der Waals surface area contributed by atoms with E-state index >= 15 is 0 Å². The minimum atomic E-state index is -2.24. The summed E-state index contributed by atoms with van der Waals surface area (Å²) < 4.78 is 44.0. The molecule has 2 aliphatic heterocycles. The summed E-state index contributed by atoms with van der Waals surface area (Å²) in [6.45, 7) is 15.1. The van der Waals surface area contributed by atoms with Crippen LogP contribution in [-0.2, 0) is 52.3 Å². The molecule has 1 N–H and O–H groups in total. The lowest BCUT2D eigenvalue weighted by Crippen LogP contribution is -2.80. The highest BCUT2D eigenvalue weighted by Gasteiger charge is 2.89. The fourth-order valence-electron chi connectivity index (χ4n) is 10.2. The van der Waals surface area contributed by atoms with Crippen LogP contribution in [0.15, 0.2) is 72.8 Å². The van der Waals surface area contributed by atoms with Gasteiger partial charge in [0.2, 0.25) is 5.60 Å². The van der Waals surface area contributed by atoms with Gasteiger partial charge in [0.1, 0.15) is 17.8 Å². The average Bonchev–Trinajstić information content (AvgIpc) is 3.36. The highest BCUT2D eigenvalue weighted by Crippen LogP contribution is 2.71. The van der Waals surface area contributed by atoms with Crippen LogP contribution < -0.4 is 0 Å². The van der Waals surface area contributed by atoms with E-state index < -0.39 is 112 Å². The van der Waals surface area contributed by atoms with E-state index in [4.69, 9.17) is 33.2 Å². The molecule has 14 heteroatoms. The molecule has 13 atom stereocenters. The van der Waals surface area contributed by atoms with Crippen molar-refractivity contribution in [2.45, 2.75) is 115 Å². The Morgan fingerprint density at radius 1 is 0.679 bits per heavy atom. The number of esters is 6. The van der Waals surface area contributed by atoms with E-state index in [1.54, 1.807) is 62.4 Å². The van der Waals surface area contributed by atoms with Crippen molar-refractivity contribution in [2.75, 3.05) is 0 Å². The van der Waals surface area contributed by atoms with E-state index in [0.717, 1.165) is 20.8 Å². The molecule has 56 heavy (non-hydrogen) atoms. The summed E-state index contributed by atoms with van der Waals surface area (Å²) in [6.07, 6.45) is -7.43. The second-order valence-electron chi connectivity index (χ2n) is 15.7. The molecule has 2 bridgehead atoms. The molecule has 300 valence electrons. The van der Waals surface area contributed by atoms with Gasteiger partial charge in [-0.05, 0) is 56.0 Å². The fraction of sp³-hybridized carbons (Fsp3) is 0.524. The number of fused-ring (bicyclic) bond motifs is 3. The first-order valence-corrected chi connectivity index (χ1v) is 18.6. The summed E-state index contributed by atoms with van der Waals surface area (Å²) in [5, 5.41) is 13.9. The van der Waals surface area contributed by atoms with E-state index in [-0.39, 0.29) is 23.1 Å². The van der Waals surface area contributed by atoms with E-state index in [0.29, 0.717) is 0 Å². The van der Waals surface area contributed by atoms with Crippen LogP contribution in [0.5, 0.6) is 0 Å². The quantitative estimate of drug-likeness (QED) is 0.216. The van der Waals surface area contributed by atoms with Crippen LogP contribution in [0.2, 0.25) is 0 Å². The minimum Gasteiger partial charge on any atom is -0.459 e. The van der Waals surface area contributed by atoms with Crippen molar-refractivity contribution in [3.63, 3.8) is 0 Å². The second-order valence-corrected chi connectivity index (χ2v) is 15.7. The third-order valence-corrected chi connectivity index (χ3v) is 12.1. The smallest absolute Gasteiger partial charge is 0.339 e. The monoisotopic (exact) mass is 776 g/mol. The topological polar surface area (TPSA) is 187 Å². The molecule has 1 spiro atoms. The standard InChI is InChI=1S/C42H48O14/c1-21(2)41(55-37(48)29-18-14-11-15-19-29)33(51-25(6)44)23(4)40(49)30-20-22(3)32(50-24(5)43)42(30)38(54-36(47)28-16-12-10-13-17-28)39(9,56-42)34(52-26(7)45)31(40)35(41)53-27(8)46/h10-19,22-23,30-35,38,49H,1,20H2,2-9H3/t22-,23+,30-,31-,32-,33-,34-,35+,38+,39+,40-,41-,42+/m0/s1. The van der Waals surface area contributed by atoms with Crippen molar-refractivity contribution >= 4 is 35.8 Å². The van der Waals surface area contributed by atoms with Gasteiger partial charge in [-0.25, -0.2) is 9.59 Å². The summed E-state index contributed by atoms with van der Waals surface area (Å²) in [5.74, 6) is -9.41. The number of rotatable bonds is 9. The molecule has 2 aromatic rings. The maximum atomic E-state index is 14.2. The van der Waals surface area contributed by atoms with E-state index in [9.17, 15) is 33.9 Å². The Kier molecular flexibility index (Phi) is 10.5. The van der Waals surface area contributed by atoms with Crippen molar-refractivity contribution in [1.29, 1.82) is 0 Å². The van der Waals surface area contributed by atoms with E-state index in [2.05, 4.69) is 6.58 Å². The third kappa shape index (κ3) is 6.08. The highest BCUT2D eigenvalue weighted by molar-refractivity contribution is 5.90. The predicted molar refractivity (Wildman–Crippen MR) is 194 cm³/mol. The Hall–Kier alpha value is -5.08. The summed E-state index contributed by atoms with van der Waals surface area (Å²) in [7, 11) is 0. The van der Waals surface area contributed by atoms with E-state index in [1.807, 2.05) is 0 Å². The first-order chi connectivity index (χ1) is 26.3. The number of aliphatic hydroxyl groups is 1. The van der Waals surface area contributed by atoms with Crippen LogP contribution in [0.1, 0.15) is 82.5 Å². The van der Waals surface area contributed by atoms with Crippen molar-refractivity contribution in [2.24, 2.45) is 23.7 Å². The Balaban J connectivity index is 1.67. The SMILES string of the molecule is C=C(C)[C@@]1(OC(=O)c2ccccc2)[C@H](OC(C)=O)[C@@H]2[C@H](OC(C)=O)[C@@]3(C)O[C@@]4([C@@H]3OC(=O)c3ccccc3)[C@@H](OC(C)=O)[C@@H](C)C[C@H]4[C@@]2(O)[C@H](C)[C@@H]1OC(C)=O. The fourth-order valence-corrected chi connectivity index (χ4v) is 10.2. The van der Waals surface area contributed by atoms with Gasteiger partial charge in [-0.3, -0.25) is 19.2 Å². The van der Waals surface area contributed by atoms with Gasteiger partial charge in [0.25, 0.3) is 0 Å². The van der Waals surface area contributed by atoms with Crippen molar-refractivity contribution in [1.82, 2.24) is 0 Å². The Morgan fingerprint density at radius 2 is 1.14 bits per heavy atom. The highest BCUT2D eigenvalue weighted by atomic mass is 16.7. The third-order valence-electron chi connectivity index (χ3n) is 12.1. The minimum absolute atomic E-state index is 0.0665. The van der Waals surface area contributed by atoms with E-state index in [1.165, 1.54) is 32.9 Å². The number of benzene rings is 2. The molecule has 4 aliphatic rings. The lowest BCUT2D eigenvalue weighted by molar-refractivity contribution is -0.389. The van der Waals surface area contributed by atoms with Crippen LogP contribution in [0.3, 0.4) is 0 Å². The van der Waals surface area contributed by atoms with Crippen LogP contribution in [0, 0.1) is 23.7 Å². The van der Waals surface area contributed by atoms with Crippen molar-refractivity contribution in [3.05, 3.63) is 83.9 Å². The molecular formula is C42H48O14. The largest absolute Gasteiger partial charge is 0.459 e. The Morgan fingerprint density at radius 3 is 1.64 bits per heavy atom. The molecule has 2 heterocycles. The second kappa shape index (κ2) is 14.5. The zero-order valence-electron chi connectivity index (χ0n) is 32.6. The zero-order valence-corrected chi connectivity index (χ0v) is 32.6. The number of hydrogen-bond acceptors (Lipinski definition) is 14. The van der Waals surface area contributed by atoms with Gasteiger partial charge in [-0.1, -0.05) is 56.8 Å². The van der Waals surface area contributed by atoms with Gasteiger partial charge >= 0.3 is 35.8 Å². The first kappa shape index (κ1) is 40.6. The summed E-state index contributed by atoms with van der Waals surface area (Å²) in [4.78, 5) is 80.6. The molecule has 4 fully saturated rings. The van der Waals surface area contributed by atoms with Gasteiger partial charge < -0.3 is 38.3 Å². The molecular weight excluding hydrogens is 728 g/mol. The Labute approximate surface area is 324 Å². The first-order valence-electron chi connectivity index (χ1n) is 18.6. The lowest BCUT2D eigenvalue weighted by atomic mass is 9.52. The lowest BCUT2D eigenvalue weighted by Gasteiger charge is -2.62. The van der Waals surface area contributed by atoms with Crippen LogP contribution in [-0.4, -0.2) is 93.8 Å². The molecule has 2 aliphatic carbocycles. The number of hydrogen-bond donors (Lipinski definition) is 1. The number of carbonyl (C=O) groups is 6. The maximum Gasteiger partial charge on any atom is 0.339 e. The van der Waals surface area contributed by atoms with Crippen LogP contribution >= 0.6 is 0 Å². The number of ether oxygens (including phenoxy) is 7. The summed E-state index contributed by atoms with van der Waals surface area (Å²) in [6, 6.07) is 16.0. The predicted octanol–water partition coefficient (Wildman–Crippen LogP) is 4.31. The zero-order chi connectivity index (χ0) is 41.1. The molecule has 0 amide bonds. The molecule has 2 saturated carbocycles. The molecule has 2 aromatic carbocycles. The van der Waals surface area contributed by atoms with Gasteiger partial charge in [0.15, 0.2) is 23.9 Å². The molecule has 2 saturated heterocycles. The van der Waals surface area contributed by atoms with Crippen LogP contribution in [0.4, 0.5) is 0 Å². The summed E-state index contributed by atoms with van der Waals surface area (Å²) in [5.41, 5.74) is -7.75. The maximum absolute atomic E-state index is 14.2. The van der Waals surface area contributed by atoms with Crippen molar-refractivity contribution < 1.29 is 67.0 Å². The summed E-state index contributed by atoms with van der Waals surface area (Å²) >= 11 is 0. The average molecular weight is 777 g/mol. The van der Waals surface area contributed by atoms with Gasteiger partial charge in [0.05, 0.1) is 22.6 Å². The molecule has 0 aromatic heterocycles. The van der Waals surface area contributed by atoms with Gasteiger partial charge in [-0.15, -0.1) is 0 Å². The van der Waals surface area contributed by atoms with Gasteiger partial charge in [0, 0.05) is 39.5 Å². The normalized spacial score (nSPS) is 37.8. The van der Waals surface area contributed by atoms with Crippen molar-refractivity contribution in [3.8, 4) is 0 Å². The molecule has 6 rings (SSSR count). The van der Waals surface area contributed by atoms with Gasteiger partial charge in [-0.2, -0.15) is 0 Å².